The number of methoxy groups -OCH3 is 1. The predicted octanol–water partition coefficient (Wildman–Crippen LogP) is 3.94. The molecule has 1 amide bonds. The van der Waals surface area contributed by atoms with Crippen LogP contribution in [0, 0.1) is 0 Å². The third kappa shape index (κ3) is 6.81. The zero-order valence-corrected chi connectivity index (χ0v) is 20.9. The summed E-state index contributed by atoms with van der Waals surface area (Å²) in [6.45, 7) is -0.571. The van der Waals surface area contributed by atoms with Crippen molar-refractivity contribution >= 4 is 79.0 Å². The number of nitrogens with zero attached hydrogens (tertiary/aromatic N) is 3. The van der Waals surface area contributed by atoms with Crippen LogP contribution in [0.5, 0.6) is 0 Å². The average molecular weight is 547 g/mol. The summed E-state index contributed by atoms with van der Waals surface area (Å²) in [4.78, 5) is 24.0. The standard InChI is InChI=1S/C19H16Cl2N4O5S3/c1-30-17(27)11-31-19-24-23-18(32-19)22-16(26)10-25(14-8-12(20)7-13(21)9-14)33(28,29)15-5-3-2-4-6-15/h2-9H,10-11H2,1H3,(H,22,23,26). The molecule has 3 rings (SSSR count). The number of rotatable bonds is 9. The van der Waals surface area contributed by atoms with Crippen molar-refractivity contribution in [3.8, 4) is 0 Å². The molecule has 0 saturated heterocycles. The van der Waals surface area contributed by atoms with Crippen molar-refractivity contribution in [3.63, 3.8) is 0 Å². The molecule has 1 N–H and O–H groups in total. The van der Waals surface area contributed by atoms with Crippen LogP contribution in [0.1, 0.15) is 0 Å². The zero-order chi connectivity index (χ0) is 24.0. The summed E-state index contributed by atoms with van der Waals surface area (Å²) in [5.74, 6) is -1.05. The molecule has 0 bridgehead atoms. The molecule has 0 aliphatic rings. The van der Waals surface area contributed by atoms with Gasteiger partial charge in [-0.3, -0.25) is 19.2 Å². The van der Waals surface area contributed by atoms with Gasteiger partial charge in [0.15, 0.2) is 4.34 Å². The summed E-state index contributed by atoms with van der Waals surface area (Å²) in [6.07, 6.45) is 0. The number of carbonyl (C=O) groups excluding carboxylic acids is 2. The highest BCUT2D eigenvalue weighted by atomic mass is 35.5. The Kier molecular flexibility index (Phi) is 8.54. The minimum absolute atomic E-state index is 0.00805. The lowest BCUT2D eigenvalue weighted by molar-refractivity contribution is -0.137. The van der Waals surface area contributed by atoms with Crippen LogP contribution in [0.3, 0.4) is 0 Å². The van der Waals surface area contributed by atoms with Crippen LogP contribution in [0.15, 0.2) is 57.8 Å². The van der Waals surface area contributed by atoms with Gasteiger partial charge in [-0.15, -0.1) is 10.2 Å². The van der Waals surface area contributed by atoms with E-state index < -0.39 is 28.4 Å². The average Bonchev–Trinajstić information content (AvgIpc) is 3.22. The maximum Gasteiger partial charge on any atom is 0.316 e. The normalized spacial score (nSPS) is 11.1. The minimum atomic E-state index is -4.12. The molecule has 0 saturated carbocycles. The largest absolute Gasteiger partial charge is 0.468 e. The quantitative estimate of drug-likeness (QED) is 0.243. The number of carbonyl (C=O) groups is 2. The van der Waals surface area contributed by atoms with Gasteiger partial charge in [0.05, 0.1) is 23.4 Å². The highest BCUT2D eigenvalue weighted by Gasteiger charge is 2.28. The van der Waals surface area contributed by atoms with E-state index in [2.05, 4.69) is 20.3 Å². The first-order chi connectivity index (χ1) is 15.7. The predicted molar refractivity (Wildman–Crippen MR) is 129 cm³/mol. The highest BCUT2D eigenvalue weighted by Crippen LogP contribution is 2.30. The van der Waals surface area contributed by atoms with Crippen LogP contribution in [0.4, 0.5) is 10.8 Å². The van der Waals surface area contributed by atoms with Gasteiger partial charge in [-0.25, -0.2) is 8.42 Å². The fourth-order valence-electron chi connectivity index (χ4n) is 2.51. The number of amides is 1. The van der Waals surface area contributed by atoms with Gasteiger partial charge in [0.1, 0.15) is 6.54 Å². The second kappa shape index (κ2) is 11.2. The second-order valence-corrected chi connectivity index (χ2v) is 11.2. The lowest BCUT2D eigenvalue weighted by Gasteiger charge is -2.24. The number of nitrogens with one attached hydrogen (secondary N) is 1. The molecule has 0 unspecified atom stereocenters. The number of thioether (sulfide) groups is 1. The van der Waals surface area contributed by atoms with Crippen molar-refractivity contribution in [2.24, 2.45) is 0 Å². The molecule has 0 radical (unpaired) electrons. The number of benzene rings is 2. The Morgan fingerprint density at radius 2 is 1.79 bits per heavy atom. The van der Waals surface area contributed by atoms with Gasteiger partial charge in [-0.05, 0) is 30.3 Å². The minimum Gasteiger partial charge on any atom is -0.468 e. The summed E-state index contributed by atoms with van der Waals surface area (Å²) in [6, 6.07) is 11.9. The molecule has 0 aliphatic heterocycles. The maximum atomic E-state index is 13.3. The fraction of sp³-hybridized carbons (Fsp3) is 0.158. The molecule has 0 atom stereocenters. The number of hydrogen-bond acceptors (Lipinski definition) is 9. The van der Waals surface area contributed by atoms with Crippen molar-refractivity contribution in [2.45, 2.75) is 9.24 Å². The molecular formula is C19H16Cl2N4O5S3. The highest BCUT2D eigenvalue weighted by molar-refractivity contribution is 8.01. The Morgan fingerprint density at radius 3 is 2.42 bits per heavy atom. The van der Waals surface area contributed by atoms with E-state index in [-0.39, 0.29) is 31.5 Å². The molecule has 0 aliphatic carbocycles. The lowest BCUT2D eigenvalue weighted by Crippen LogP contribution is -2.38. The second-order valence-electron chi connectivity index (χ2n) is 6.24. The van der Waals surface area contributed by atoms with Gasteiger partial charge in [0.2, 0.25) is 11.0 Å². The van der Waals surface area contributed by atoms with Crippen LogP contribution in [0.2, 0.25) is 10.0 Å². The van der Waals surface area contributed by atoms with Crippen LogP contribution < -0.4 is 9.62 Å². The Morgan fingerprint density at radius 1 is 1.12 bits per heavy atom. The number of hydrogen-bond donors (Lipinski definition) is 1. The third-order valence-electron chi connectivity index (χ3n) is 3.95. The van der Waals surface area contributed by atoms with Crippen LogP contribution in [0.25, 0.3) is 0 Å². The van der Waals surface area contributed by atoms with Gasteiger partial charge in [0, 0.05) is 10.0 Å². The lowest BCUT2D eigenvalue weighted by atomic mass is 10.3. The van der Waals surface area contributed by atoms with Gasteiger partial charge in [-0.1, -0.05) is 64.5 Å². The Hall–Kier alpha value is -2.38. The van der Waals surface area contributed by atoms with Crippen LogP contribution in [-0.4, -0.2) is 49.9 Å². The Labute approximate surface area is 208 Å². The maximum absolute atomic E-state index is 13.3. The van der Waals surface area contributed by atoms with Gasteiger partial charge >= 0.3 is 5.97 Å². The topological polar surface area (TPSA) is 119 Å². The van der Waals surface area contributed by atoms with Crippen molar-refractivity contribution < 1.29 is 22.7 Å². The summed E-state index contributed by atoms with van der Waals surface area (Å²) >= 11 is 14.3. The van der Waals surface area contributed by atoms with E-state index >= 15 is 0 Å². The molecule has 0 spiro atoms. The molecule has 1 aromatic heterocycles. The number of aromatic nitrogens is 2. The van der Waals surface area contributed by atoms with E-state index in [1.165, 1.54) is 37.4 Å². The molecule has 9 nitrogen and oxygen atoms in total. The zero-order valence-electron chi connectivity index (χ0n) is 16.9. The van der Waals surface area contributed by atoms with Gasteiger partial charge in [0.25, 0.3) is 10.0 Å². The van der Waals surface area contributed by atoms with E-state index in [1.807, 2.05) is 0 Å². The van der Waals surface area contributed by atoms with E-state index in [4.69, 9.17) is 23.2 Å². The Bertz CT molecular complexity index is 1240. The fourth-order valence-corrected chi connectivity index (χ4v) is 6.05. The van der Waals surface area contributed by atoms with Gasteiger partial charge in [-0.2, -0.15) is 0 Å². The van der Waals surface area contributed by atoms with Crippen molar-refractivity contribution in [3.05, 3.63) is 58.6 Å². The van der Waals surface area contributed by atoms with Crippen molar-refractivity contribution in [2.75, 3.05) is 29.0 Å². The van der Waals surface area contributed by atoms with Crippen LogP contribution in [-0.2, 0) is 24.3 Å². The van der Waals surface area contributed by atoms with Gasteiger partial charge < -0.3 is 4.74 Å². The van der Waals surface area contributed by atoms with Crippen molar-refractivity contribution in [1.29, 1.82) is 0 Å². The Balaban J connectivity index is 1.83. The summed E-state index contributed by atoms with van der Waals surface area (Å²) in [7, 11) is -2.85. The number of anilines is 2. The molecular weight excluding hydrogens is 531 g/mol. The van der Waals surface area contributed by atoms with E-state index in [1.54, 1.807) is 18.2 Å². The number of halogens is 2. The molecule has 33 heavy (non-hydrogen) atoms. The first kappa shape index (κ1) is 25.2. The monoisotopic (exact) mass is 546 g/mol. The molecule has 2 aromatic carbocycles. The first-order valence-electron chi connectivity index (χ1n) is 9.06. The molecule has 174 valence electrons. The molecule has 3 aromatic rings. The SMILES string of the molecule is COC(=O)CSc1nnc(NC(=O)CN(c2cc(Cl)cc(Cl)c2)S(=O)(=O)c2ccccc2)s1. The van der Waals surface area contributed by atoms with Crippen molar-refractivity contribution in [1.82, 2.24) is 10.2 Å². The number of sulfonamides is 1. The molecule has 0 fully saturated rings. The molecule has 1 heterocycles. The number of ether oxygens (including phenoxy) is 1. The summed E-state index contributed by atoms with van der Waals surface area (Å²) in [5.41, 5.74) is 0.123. The van der Waals surface area contributed by atoms with E-state index in [0.717, 1.165) is 27.4 Å². The number of esters is 1. The third-order valence-corrected chi connectivity index (χ3v) is 8.12. The van der Waals surface area contributed by atoms with Crippen LogP contribution >= 0.6 is 46.3 Å². The van der Waals surface area contributed by atoms with E-state index in [0.29, 0.717) is 4.34 Å². The van der Waals surface area contributed by atoms with E-state index in [9.17, 15) is 18.0 Å². The first-order valence-corrected chi connectivity index (χ1v) is 13.1. The molecule has 14 heteroatoms. The summed E-state index contributed by atoms with van der Waals surface area (Å²) < 4.78 is 32.5. The summed E-state index contributed by atoms with van der Waals surface area (Å²) in [5, 5.41) is 10.8. The smallest absolute Gasteiger partial charge is 0.316 e.